The summed E-state index contributed by atoms with van der Waals surface area (Å²) in [5.41, 5.74) is 0. The van der Waals surface area contributed by atoms with E-state index in [1.807, 2.05) is 7.05 Å². The molecule has 12 heavy (non-hydrogen) atoms. The second-order valence-corrected chi connectivity index (χ2v) is 3.59. The van der Waals surface area contributed by atoms with Gasteiger partial charge in [-0.2, -0.15) is 0 Å². The van der Waals surface area contributed by atoms with Gasteiger partial charge in [0.2, 0.25) is 0 Å². The van der Waals surface area contributed by atoms with Crippen LogP contribution in [0.3, 0.4) is 0 Å². The van der Waals surface area contributed by atoms with E-state index in [9.17, 15) is 0 Å². The van der Waals surface area contributed by atoms with Crippen LogP contribution in [0.1, 0.15) is 12.8 Å². The van der Waals surface area contributed by atoms with Gasteiger partial charge in [0.1, 0.15) is 0 Å². The summed E-state index contributed by atoms with van der Waals surface area (Å²) in [6.07, 6.45) is 1.65. The maximum absolute atomic E-state index is 9.06. The third kappa shape index (κ3) is 1.39. The molecule has 68 valence electrons. The van der Waals surface area contributed by atoms with Gasteiger partial charge < -0.3 is 15.3 Å². The van der Waals surface area contributed by atoms with Crippen LogP contribution in [-0.4, -0.2) is 48.2 Å². The van der Waals surface area contributed by atoms with Crippen LogP contribution in [0, 0.1) is 0 Å². The van der Waals surface area contributed by atoms with Crippen molar-refractivity contribution >= 4 is 5.96 Å². The van der Waals surface area contributed by atoms with Gasteiger partial charge in [-0.1, -0.05) is 0 Å². The molecule has 0 radical (unpaired) electrons. The Kier molecular flexibility index (Phi) is 1.92. The molecule has 1 aliphatic carbocycles. The topological polar surface area (TPSA) is 47.9 Å². The Labute approximate surface area is 72.3 Å². The Balaban J connectivity index is 1.80. The molecule has 0 aromatic heterocycles. The lowest BCUT2D eigenvalue weighted by Gasteiger charge is -2.33. The molecule has 2 aliphatic rings. The van der Waals surface area contributed by atoms with Crippen molar-refractivity contribution in [3.05, 3.63) is 0 Å². The van der Waals surface area contributed by atoms with E-state index in [0.717, 1.165) is 31.9 Å². The van der Waals surface area contributed by atoms with E-state index in [1.165, 1.54) is 0 Å². The van der Waals surface area contributed by atoms with Crippen LogP contribution < -0.4 is 5.32 Å². The average molecular weight is 169 g/mol. The van der Waals surface area contributed by atoms with Crippen molar-refractivity contribution in [2.45, 2.75) is 25.0 Å². The predicted molar refractivity (Wildman–Crippen MR) is 47.1 cm³/mol. The maximum Gasteiger partial charge on any atom is 0.194 e. The fraction of sp³-hybridized carbons (Fsp3) is 0.875. The molecule has 0 aromatic carbocycles. The molecule has 0 bridgehead atoms. The third-order valence-corrected chi connectivity index (χ3v) is 2.50. The Morgan fingerprint density at radius 1 is 1.58 bits per heavy atom. The van der Waals surface area contributed by atoms with Crippen LogP contribution in [0.4, 0.5) is 0 Å². The molecule has 2 N–H and O–H groups in total. The first-order valence-corrected chi connectivity index (χ1v) is 4.46. The highest BCUT2D eigenvalue weighted by atomic mass is 16.3. The second-order valence-electron chi connectivity index (χ2n) is 3.59. The molecule has 0 aromatic rings. The van der Waals surface area contributed by atoms with Crippen molar-refractivity contribution < 1.29 is 5.11 Å². The van der Waals surface area contributed by atoms with E-state index in [4.69, 9.17) is 5.11 Å². The highest BCUT2D eigenvalue weighted by Crippen LogP contribution is 2.19. The molecule has 0 saturated heterocycles. The quantitative estimate of drug-likeness (QED) is 0.551. The number of rotatable bonds is 1. The lowest BCUT2D eigenvalue weighted by atomic mass is 9.90. The van der Waals surface area contributed by atoms with Crippen LogP contribution in [-0.2, 0) is 0 Å². The van der Waals surface area contributed by atoms with Crippen LogP contribution in [0.15, 0.2) is 4.99 Å². The van der Waals surface area contributed by atoms with Gasteiger partial charge in [0.05, 0.1) is 12.6 Å². The van der Waals surface area contributed by atoms with E-state index >= 15 is 0 Å². The molecule has 1 saturated carbocycles. The lowest BCUT2D eigenvalue weighted by Crippen LogP contribution is -2.50. The normalized spacial score (nSPS) is 34.5. The summed E-state index contributed by atoms with van der Waals surface area (Å²) in [6.45, 7) is 1.91. The monoisotopic (exact) mass is 169 g/mol. The fourth-order valence-electron chi connectivity index (χ4n) is 1.58. The highest BCUT2D eigenvalue weighted by molar-refractivity contribution is 5.81. The number of nitrogens with one attached hydrogen (secondary N) is 1. The lowest BCUT2D eigenvalue weighted by molar-refractivity contribution is 0.0689. The van der Waals surface area contributed by atoms with E-state index < -0.39 is 0 Å². The number of guanidine groups is 1. The van der Waals surface area contributed by atoms with Gasteiger partial charge in [-0.05, 0) is 12.8 Å². The standard InChI is InChI=1S/C8H15N3O/c1-11-3-2-9-8(11)10-6-4-7(12)5-6/h6-7,12H,2-5H2,1H3,(H,9,10). The molecule has 1 fully saturated rings. The fourth-order valence-corrected chi connectivity index (χ4v) is 1.58. The van der Waals surface area contributed by atoms with Crippen molar-refractivity contribution in [2.24, 2.45) is 4.99 Å². The van der Waals surface area contributed by atoms with Gasteiger partial charge in [-0.3, -0.25) is 4.99 Å². The molecule has 4 nitrogen and oxygen atoms in total. The summed E-state index contributed by atoms with van der Waals surface area (Å²) in [5.74, 6) is 0.992. The summed E-state index contributed by atoms with van der Waals surface area (Å²) < 4.78 is 0. The molecule has 1 heterocycles. The molecule has 0 amide bonds. The van der Waals surface area contributed by atoms with Gasteiger partial charge in [0.15, 0.2) is 5.96 Å². The number of aliphatic imine (C=N–C) groups is 1. The Morgan fingerprint density at radius 3 is 2.83 bits per heavy atom. The summed E-state index contributed by atoms with van der Waals surface area (Å²) in [7, 11) is 2.04. The largest absolute Gasteiger partial charge is 0.393 e. The van der Waals surface area contributed by atoms with Crippen molar-refractivity contribution in [3.8, 4) is 0 Å². The van der Waals surface area contributed by atoms with Crippen molar-refractivity contribution in [3.63, 3.8) is 0 Å². The molecule has 2 rings (SSSR count). The minimum atomic E-state index is -0.0881. The molecule has 1 aliphatic heterocycles. The average Bonchev–Trinajstić information content (AvgIpc) is 2.33. The highest BCUT2D eigenvalue weighted by Gasteiger charge is 2.29. The zero-order valence-corrected chi connectivity index (χ0v) is 7.32. The van der Waals surface area contributed by atoms with E-state index in [0.29, 0.717) is 6.04 Å². The van der Waals surface area contributed by atoms with E-state index in [-0.39, 0.29) is 6.10 Å². The first kappa shape index (κ1) is 7.86. The van der Waals surface area contributed by atoms with Crippen molar-refractivity contribution in [2.75, 3.05) is 20.1 Å². The number of aliphatic hydroxyl groups excluding tert-OH is 1. The Morgan fingerprint density at radius 2 is 2.33 bits per heavy atom. The van der Waals surface area contributed by atoms with Gasteiger partial charge in [-0.25, -0.2) is 0 Å². The summed E-state index contributed by atoms with van der Waals surface area (Å²) >= 11 is 0. The van der Waals surface area contributed by atoms with E-state index in [1.54, 1.807) is 0 Å². The van der Waals surface area contributed by atoms with Crippen LogP contribution >= 0.6 is 0 Å². The molecule has 4 heteroatoms. The zero-order valence-electron chi connectivity index (χ0n) is 7.32. The van der Waals surface area contributed by atoms with Crippen LogP contribution in [0.25, 0.3) is 0 Å². The van der Waals surface area contributed by atoms with Gasteiger partial charge in [0.25, 0.3) is 0 Å². The summed E-state index contributed by atoms with van der Waals surface area (Å²) in [6, 6.07) is 0.444. The predicted octanol–water partition coefficient (Wildman–Crippen LogP) is -0.599. The third-order valence-electron chi connectivity index (χ3n) is 2.50. The number of hydrogen-bond acceptors (Lipinski definition) is 4. The minimum Gasteiger partial charge on any atom is -0.393 e. The maximum atomic E-state index is 9.06. The number of likely N-dealkylation sites (N-methyl/N-ethyl adjacent to an activating group) is 1. The smallest absolute Gasteiger partial charge is 0.194 e. The minimum absolute atomic E-state index is 0.0881. The van der Waals surface area contributed by atoms with Crippen LogP contribution in [0.5, 0.6) is 0 Å². The molecular formula is C8H15N3O. The first-order chi connectivity index (χ1) is 5.75. The van der Waals surface area contributed by atoms with Gasteiger partial charge in [-0.15, -0.1) is 0 Å². The molecular weight excluding hydrogens is 154 g/mol. The first-order valence-electron chi connectivity index (χ1n) is 4.46. The molecule has 0 spiro atoms. The summed E-state index contributed by atoms with van der Waals surface area (Å²) in [5, 5.41) is 12.4. The van der Waals surface area contributed by atoms with E-state index in [2.05, 4.69) is 15.2 Å². The number of hydrogen-bond donors (Lipinski definition) is 2. The Bertz CT molecular complexity index is 198. The summed E-state index contributed by atoms with van der Waals surface area (Å²) in [4.78, 5) is 6.43. The SMILES string of the molecule is CN1CCN=C1NC1CC(O)C1. The van der Waals surface area contributed by atoms with Gasteiger partial charge in [0, 0.05) is 19.6 Å². The van der Waals surface area contributed by atoms with Crippen molar-refractivity contribution in [1.82, 2.24) is 10.2 Å². The number of aliphatic hydroxyl groups is 1. The molecule has 0 atom stereocenters. The van der Waals surface area contributed by atoms with Crippen LogP contribution in [0.2, 0.25) is 0 Å². The second kappa shape index (κ2) is 2.94. The molecule has 0 unspecified atom stereocenters. The number of nitrogens with zero attached hydrogens (tertiary/aromatic N) is 2. The van der Waals surface area contributed by atoms with Crippen molar-refractivity contribution in [1.29, 1.82) is 0 Å². The zero-order chi connectivity index (χ0) is 8.55. The Hall–Kier alpha value is -0.770. The van der Waals surface area contributed by atoms with Gasteiger partial charge >= 0.3 is 0 Å².